The standard InChI is InChI=1S/C26H25N3O2S/c1-2-20-12-6-8-14-22(20)27-24(30)18-32-26-28-23-15-9-7-13-21(23)25(31)29(26)17-16-19-10-4-3-5-11-19/h3-15H,2,16-18H2,1H3,(H,27,30). The van der Waals surface area contributed by atoms with Crippen molar-refractivity contribution in [1.82, 2.24) is 9.55 Å². The van der Waals surface area contributed by atoms with Gasteiger partial charge in [-0.25, -0.2) is 4.98 Å². The molecule has 6 heteroatoms. The SMILES string of the molecule is CCc1ccccc1NC(=O)CSc1nc2ccccc2c(=O)n1CCc1ccccc1. The van der Waals surface area contributed by atoms with Crippen LogP contribution in [0, 0.1) is 0 Å². The Morgan fingerprint density at radius 3 is 2.50 bits per heavy atom. The van der Waals surface area contributed by atoms with E-state index in [9.17, 15) is 9.59 Å². The Hall–Kier alpha value is -3.38. The van der Waals surface area contributed by atoms with Gasteiger partial charge in [-0.2, -0.15) is 0 Å². The smallest absolute Gasteiger partial charge is 0.262 e. The molecule has 0 saturated heterocycles. The van der Waals surface area contributed by atoms with Crippen LogP contribution in [0.1, 0.15) is 18.1 Å². The molecule has 0 bridgehead atoms. The lowest BCUT2D eigenvalue weighted by atomic mass is 10.1. The molecule has 0 atom stereocenters. The van der Waals surface area contributed by atoms with Gasteiger partial charge in [0.2, 0.25) is 5.91 Å². The number of aryl methyl sites for hydroxylation is 2. The lowest BCUT2D eigenvalue weighted by molar-refractivity contribution is -0.113. The average molecular weight is 444 g/mol. The number of nitrogens with zero attached hydrogens (tertiary/aromatic N) is 2. The highest BCUT2D eigenvalue weighted by Gasteiger charge is 2.14. The van der Waals surface area contributed by atoms with Gasteiger partial charge in [0.15, 0.2) is 5.16 Å². The van der Waals surface area contributed by atoms with E-state index in [1.54, 1.807) is 10.6 Å². The average Bonchev–Trinajstić information content (AvgIpc) is 2.83. The zero-order chi connectivity index (χ0) is 22.3. The molecule has 0 unspecified atom stereocenters. The van der Waals surface area contributed by atoms with Crippen LogP contribution in [-0.4, -0.2) is 21.2 Å². The van der Waals surface area contributed by atoms with Gasteiger partial charge in [0.1, 0.15) is 0 Å². The Balaban J connectivity index is 1.56. The fourth-order valence-corrected chi connectivity index (χ4v) is 4.43. The van der Waals surface area contributed by atoms with E-state index in [-0.39, 0.29) is 17.2 Å². The maximum atomic E-state index is 13.2. The van der Waals surface area contributed by atoms with Crippen LogP contribution in [0.4, 0.5) is 5.69 Å². The molecule has 4 aromatic rings. The molecule has 32 heavy (non-hydrogen) atoms. The molecule has 5 nitrogen and oxygen atoms in total. The van der Waals surface area contributed by atoms with E-state index in [0.717, 1.165) is 23.2 Å². The first kappa shape index (κ1) is 21.8. The molecule has 1 aromatic heterocycles. The van der Waals surface area contributed by atoms with E-state index in [0.29, 0.717) is 29.0 Å². The number of hydrogen-bond donors (Lipinski definition) is 1. The number of anilines is 1. The van der Waals surface area contributed by atoms with Crippen LogP contribution in [0.3, 0.4) is 0 Å². The van der Waals surface area contributed by atoms with Crippen LogP contribution in [0.15, 0.2) is 88.8 Å². The van der Waals surface area contributed by atoms with E-state index in [1.165, 1.54) is 11.8 Å². The minimum absolute atomic E-state index is 0.0780. The van der Waals surface area contributed by atoms with Crippen LogP contribution >= 0.6 is 11.8 Å². The lowest BCUT2D eigenvalue weighted by Gasteiger charge is -2.14. The summed E-state index contributed by atoms with van der Waals surface area (Å²) in [5.74, 6) is 0.0571. The number of thioether (sulfide) groups is 1. The summed E-state index contributed by atoms with van der Waals surface area (Å²) in [5, 5.41) is 4.13. The molecule has 0 fully saturated rings. The zero-order valence-corrected chi connectivity index (χ0v) is 18.8. The number of aromatic nitrogens is 2. The van der Waals surface area contributed by atoms with Gasteiger partial charge in [-0.3, -0.25) is 14.2 Å². The second kappa shape index (κ2) is 10.3. The van der Waals surface area contributed by atoms with Crippen molar-refractivity contribution in [2.24, 2.45) is 0 Å². The summed E-state index contributed by atoms with van der Waals surface area (Å²) in [7, 11) is 0. The highest BCUT2D eigenvalue weighted by Crippen LogP contribution is 2.20. The van der Waals surface area contributed by atoms with Crippen LogP contribution in [0.5, 0.6) is 0 Å². The highest BCUT2D eigenvalue weighted by atomic mass is 32.2. The normalized spacial score (nSPS) is 10.9. The van der Waals surface area contributed by atoms with Crippen molar-refractivity contribution in [3.63, 3.8) is 0 Å². The molecule has 4 rings (SSSR count). The summed E-state index contributed by atoms with van der Waals surface area (Å²) in [6.07, 6.45) is 1.55. The number of amides is 1. The second-order valence-corrected chi connectivity index (χ2v) is 8.39. The number of para-hydroxylation sites is 2. The number of carbonyl (C=O) groups excluding carboxylic acids is 1. The minimum Gasteiger partial charge on any atom is -0.325 e. The Bertz CT molecular complexity index is 1290. The van der Waals surface area contributed by atoms with Crippen molar-refractivity contribution in [1.29, 1.82) is 0 Å². The third-order valence-electron chi connectivity index (χ3n) is 5.30. The molecule has 3 aromatic carbocycles. The lowest BCUT2D eigenvalue weighted by Crippen LogP contribution is -2.25. The van der Waals surface area contributed by atoms with E-state index in [2.05, 4.69) is 12.2 Å². The molecular weight excluding hydrogens is 418 g/mol. The van der Waals surface area contributed by atoms with Crippen molar-refractivity contribution < 1.29 is 4.79 Å². The molecule has 1 N–H and O–H groups in total. The van der Waals surface area contributed by atoms with Crippen molar-refractivity contribution in [2.45, 2.75) is 31.5 Å². The fraction of sp³-hybridized carbons (Fsp3) is 0.192. The van der Waals surface area contributed by atoms with Crippen LogP contribution < -0.4 is 10.9 Å². The molecule has 0 aliphatic heterocycles. The first-order valence-electron chi connectivity index (χ1n) is 10.7. The molecule has 0 aliphatic rings. The fourth-order valence-electron chi connectivity index (χ4n) is 3.61. The molecule has 0 radical (unpaired) electrons. The Morgan fingerprint density at radius 1 is 0.969 bits per heavy atom. The van der Waals surface area contributed by atoms with Gasteiger partial charge in [-0.05, 0) is 42.2 Å². The predicted molar refractivity (Wildman–Crippen MR) is 131 cm³/mol. The minimum atomic E-state index is -0.118. The summed E-state index contributed by atoms with van der Waals surface area (Å²) in [4.78, 5) is 30.6. The van der Waals surface area contributed by atoms with Gasteiger partial charge in [0, 0.05) is 12.2 Å². The topological polar surface area (TPSA) is 64.0 Å². The number of hydrogen-bond acceptors (Lipinski definition) is 4. The number of rotatable bonds is 8. The quantitative estimate of drug-likeness (QED) is 0.310. The van der Waals surface area contributed by atoms with Crippen LogP contribution in [-0.2, 0) is 24.2 Å². The van der Waals surface area contributed by atoms with Crippen molar-refractivity contribution in [2.75, 3.05) is 11.1 Å². The predicted octanol–water partition coefficient (Wildman–Crippen LogP) is 4.93. The van der Waals surface area contributed by atoms with E-state index < -0.39 is 0 Å². The zero-order valence-electron chi connectivity index (χ0n) is 18.0. The Labute approximate surface area is 191 Å². The molecular formula is C26H25N3O2S. The molecule has 0 saturated carbocycles. The number of carbonyl (C=O) groups is 1. The molecule has 1 heterocycles. The molecule has 0 spiro atoms. The third kappa shape index (κ3) is 5.08. The Kier molecular flexibility index (Phi) is 7.02. The van der Waals surface area contributed by atoms with Gasteiger partial charge in [0.25, 0.3) is 5.56 Å². The number of nitrogens with one attached hydrogen (secondary N) is 1. The van der Waals surface area contributed by atoms with Gasteiger partial charge in [-0.1, -0.05) is 79.3 Å². The van der Waals surface area contributed by atoms with Crippen molar-refractivity contribution in [3.05, 3.63) is 100 Å². The van der Waals surface area contributed by atoms with E-state index in [4.69, 9.17) is 4.98 Å². The summed E-state index contributed by atoms with van der Waals surface area (Å²) in [5.41, 5.74) is 3.64. The largest absolute Gasteiger partial charge is 0.325 e. The monoisotopic (exact) mass is 443 g/mol. The summed E-state index contributed by atoms with van der Waals surface area (Å²) in [6, 6.07) is 25.2. The van der Waals surface area contributed by atoms with Crippen molar-refractivity contribution >= 4 is 34.3 Å². The summed E-state index contributed by atoms with van der Waals surface area (Å²) >= 11 is 1.29. The van der Waals surface area contributed by atoms with Crippen LogP contribution in [0.25, 0.3) is 10.9 Å². The highest BCUT2D eigenvalue weighted by molar-refractivity contribution is 7.99. The number of fused-ring (bicyclic) bond motifs is 1. The maximum Gasteiger partial charge on any atom is 0.262 e. The Morgan fingerprint density at radius 2 is 1.69 bits per heavy atom. The molecule has 1 amide bonds. The van der Waals surface area contributed by atoms with Crippen LogP contribution in [0.2, 0.25) is 0 Å². The second-order valence-electron chi connectivity index (χ2n) is 7.45. The first-order valence-corrected chi connectivity index (χ1v) is 11.7. The maximum absolute atomic E-state index is 13.2. The van der Waals surface area contributed by atoms with Crippen molar-refractivity contribution in [3.8, 4) is 0 Å². The first-order chi connectivity index (χ1) is 15.7. The van der Waals surface area contributed by atoms with Gasteiger partial charge < -0.3 is 5.32 Å². The van der Waals surface area contributed by atoms with Gasteiger partial charge in [0.05, 0.1) is 16.7 Å². The van der Waals surface area contributed by atoms with E-state index >= 15 is 0 Å². The third-order valence-corrected chi connectivity index (χ3v) is 6.27. The van der Waals surface area contributed by atoms with E-state index in [1.807, 2.05) is 72.8 Å². The van der Waals surface area contributed by atoms with Gasteiger partial charge >= 0.3 is 0 Å². The van der Waals surface area contributed by atoms with Gasteiger partial charge in [-0.15, -0.1) is 0 Å². The molecule has 162 valence electrons. The number of benzene rings is 3. The summed E-state index contributed by atoms with van der Waals surface area (Å²) in [6.45, 7) is 2.56. The molecule has 0 aliphatic carbocycles. The summed E-state index contributed by atoms with van der Waals surface area (Å²) < 4.78 is 1.69.